The zero-order chi connectivity index (χ0) is 19.4. The van der Waals surface area contributed by atoms with Gasteiger partial charge in [0.1, 0.15) is 4.90 Å². The van der Waals surface area contributed by atoms with E-state index in [-0.39, 0.29) is 10.5 Å². The Labute approximate surface area is 167 Å². The molecule has 0 bridgehead atoms. The summed E-state index contributed by atoms with van der Waals surface area (Å²) in [6.45, 7) is 0. The molecule has 0 aliphatic carbocycles. The minimum Gasteiger partial charge on any atom is -0.322 e. The van der Waals surface area contributed by atoms with Crippen LogP contribution < -0.4 is 10.0 Å². The van der Waals surface area contributed by atoms with Crippen molar-refractivity contribution < 1.29 is 13.2 Å². The number of hydrogen-bond acceptors (Lipinski definition) is 3. The monoisotopic (exact) mass is 420 g/mol. The zero-order valence-corrected chi connectivity index (χ0v) is 16.1. The van der Waals surface area contributed by atoms with Gasteiger partial charge in [-0.2, -0.15) is 0 Å². The minimum absolute atomic E-state index is 0.0221. The van der Waals surface area contributed by atoms with E-state index in [0.29, 0.717) is 21.4 Å². The molecule has 27 heavy (non-hydrogen) atoms. The number of sulfonamides is 1. The average Bonchev–Trinajstić information content (AvgIpc) is 2.65. The molecule has 0 aliphatic heterocycles. The Hall–Kier alpha value is -2.54. The Kier molecular flexibility index (Phi) is 5.70. The summed E-state index contributed by atoms with van der Waals surface area (Å²) >= 11 is 11.6. The van der Waals surface area contributed by atoms with Crippen LogP contribution >= 0.6 is 23.2 Å². The molecule has 0 atom stereocenters. The molecule has 0 unspecified atom stereocenters. The number of halogens is 2. The van der Waals surface area contributed by atoms with Gasteiger partial charge in [-0.25, -0.2) is 8.42 Å². The Bertz CT molecular complexity index is 1070. The fourth-order valence-electron chi connectivity index (χ4n) is 2.35. The van der Waals surface area contributed by atoms with Gasteiger partial charge in [-0.1, -0.05) is 35.3 Å². The van der Waals surface area contributed by atoms with E-state index in [0.717, 1.165) is 0 Å². The molecular weight excluding hydrogens is 407 g/mol. The second-order valence-electron chi connectivity index (χ2n) is 5.57. The Morgan fingerprint density at radius 2 is 1.26 bits per heavy atom. The van der Waals surface area contributed by atoms with Crippen molar-refractivity contribution >= 4 is 50.5 Å². The van der Waals surface area contributed by atoms with Gasteiger partial charge < -0.3 is 5.32 Å². The first kappa shape index (κ1) is 19.2. The van der Waals surface area contributed by atoms with Crippen LogP contribution in [0.15, 0.2) is 77.7 Å². The first-order valence-corrected chi connectivity index (χ1v) is 10.0. The second kappa shape index (κ2) is 8.00. The van der Waals surface area contributed by atoms with Gasteiger partial charge >= 0.3 is 0 Å². The van der Waals surface area contributed by atoms with Crippen LogP contribution in [0.1, 0.15) is 10.4 Å². The van der Waals surface area contributed by atoms with Crippen LogP contribution in [0.3, 0.4) is 0 Å². The lowest BCUT2D eigenvalue weighted by Gasteiger charge is -2.12. The van der Waals surface area contributed by atoms with Crippen molar-refractivity contribution in [3.05, 3.63) is 88.4 Å². The van der Waals surface area contributed by atoms with Crippen LogP contribution in [0.2, 0.25) is 10.0 Å². The average molecular weight is 421 g/mol. The lowest BCUT2D eigenvalue weighted by Crippen LogP contribution is -2.20. The molecule has 1 amide bonds. The standard InChI is InChI=1S/C19H14Cl2N2O3S/c20-13-5-9-15(10-6-13)22-19(24)17-3-1-2-4-18(17)27(25,26)23-16-11-7-14(21)8-12-16/h1-12,23H,(H,22,24). The molecule has 0 heterocycles. The number of amides is 1. The molecule has 3 aromatic carbocycles. The van der Waals surface area contributed by atoms with Gasteiger partial charge in [0.2, 0.25) is 0 Å². The van der Waals surface area contributed by atoms with Crippen molar-refractivity contribution in [1.29, 1.82) is 0 Å². The molecule has 0 aromatic heterocycles. The van der Waals surface area contributed by atoms with Crippen molar-refractivity contribution in [1.82, 2.24) is 0 Å². The van der Waals surface area contributed by atoms with E-state index < -0.39 is 15.9 Å². The molecule has 0 aliphatic rings. The van der Waals surface area contributed by atoms with Crippen LogP contribution in [0.25, 0.3) is 0 Å². The van der Waals surface area contributed by atoms with E-state index in [1.54, 1.807) is 48.5 Å². The van der Waals surface area contributed by atoms with Gasteiger partial charge in [0.25, 0.3) is 15.9 Å². The quantitative estimate of drug-likeness (QED) is 0.606. The molecule has 5 nitrogen and oxygen atoms in total. The molecule has 8 heteroatoms. The van der Waals surface area contributed by atoms with Crippen molar-refractivity contribution in [2.45, 2.75) is 4.90 Å². The zero-order valence-electron chi connectivity index (χ0n) is 13.8. The summed E-state index contributed by atoms with van der Waals surface area (Å²) < 4.78 is 28.0. The van der Waals surface area contributed by atoms with Gasteiger partial charge in [0.05, 0.1) is 5.56 Å². The summed E-state index contributed by atoms with van der Waals surface area (Å²) in [5.41, 5.74) is 0.864. The van der Waals surface area contributed by atoms with Crippen LogP contribution in [0.4, 0.5) is 11.4 Å². The van der Waals surface area contributed by atoms with Crippen LogP contribution in [0.5, 0.6) is 0 Å². The number of carbonyl (C=O) groups is 1. The van der Waals surface area contributed by atoms with E-state index in [2.05, 4.69) is 10.0 Å². The highest BCUT2D eigenvalue weighted by Crippen LogP contribution is 2.22. The molecule has 138 valence electrons. The van der Waals surface area contributed by atoms with Crippen molar-refractivity contribution in [2.75, 3.05) is 10.0 Å². The van der Waals surface area contributed by atoms with E-state index >= 15 is 0 Å². The second-order valence-corrected chi connectivity index (χ2v) is 8.09. The van der Waals surface area contributed by atoms with Crippen LogP contribution in [-0.2, 0) is 10.0 Å². The van der Waals surface area contributed by atoms with E-state index in [9.17, 15) is 13.2 Å². The maximum absolute atomic E-state index is 12.8. The fourth-order valence-corrected chi connectivity index (χ4v) is 3.86. The van der Waals surface area contributed by atoms with Gasteiger partial charge in [-0.05, 0) is 60.7 Å². The largest absolute Gasteiger partial charge is 0.322 e. The Balaban J connectivity index is 1.89. The first-order valence-electron chi connectivity index (χ1n) is 7.79. The molecule has 0 saturated carbocycles. The van der Waals surface area contributed by atoms with E-state index in [1.165, 1.54) is 24.3 Å². The molecule has 0 fully saturated rings. The highest BCUT2D eigenvalue weighted by atomic mass is 35.5. The summed E-state index contributed by atoms with van der Waals surface area (Å²) in [6.07, 6.45) is 0. The topological polar surface area (TPSA) is 75.3 Å². The maximum atomic E-state index is 12.8. The molecule has 0 radical (unpaired) electrons. The SMILES string of the molecule is O=C(Nc1ccc(Cl)cc1)c1ccccc1S(=O)(=O)Nc1ccc(Cl)cc1. The minimum atomic E-state index is -3.98. The smallest absolute Gasteiger partial charge is 0.262 e. The highest BCUT2D eigenvalue weighted by Gasteiger charge is 2.22. The molecule has 2 N–H and O–H groups in total. The number of nitrogens with one attached hydrogen (secondary N) is 2. The predicted molar refractivity (Wildman–Crippen MR) is 108 cm³/mol. The maximum Gasteiger partial charge on any atom is 0.262 e. The lowest BCUT2D eigenvalue weighted by atomic mass is 10.2. The third kappa shape index (κ3) is 4.80. The molecule has 3 aromatic rings. The first-order chi connectivity index (χ1) is 12.8. The van der Waals surface area contributed by atoms with Gasteiger partial charge in [0, 0.05) is 21.4 Å². The third-order valence-corrected chi connectivity index (χ3v) is 5.56. The van der Waals surface area contributed by atoms with Crippen molar-refractivity contribution in [3.63, 3.8) is 0 Å². The Morgan fingerprint density at radius 1 is 0.741 bits per heavy atom. The van der Waals surface area contributed by atoms with Gasteiger partial charge in [-0.3, -0.25) is 9.52 Å². The fraction of sp³-hybridized carbons (Fsp3) is 0. The van der Waals surface area contributed by atoms with Crippen LogP contribution in [-0.4, -0.2) is 14.3 Å². The number of carbonyl (C=O) groups excluding carboxylic acids is 1. The number of anilines is 2. The molecule has 3 rings (SSSR count). The van der Waals surface area contributed by atoms with Crippen molar-refractivity contribution in [2.24, 2.45) is 0 Å². The third-order valence-electron chi connectivity index (χ3n) is 3.62. The van der Waals surface area contributed by atoms with Gasteiger partial charge in [0.15, 0.2) is 0 Å². The lowest BCUT2D eigenvalue weighted by molar-refractivity contribution is 0.102. The van der Waals surface area contributed by atoms with E-state index in [4.69, 9.17) is 23.2 Å². The summed E-state index contributed by atoms with van der Waals surface area (Å²) in [5, 5.41) is 3.68. The highest BCUT2D eigenvalue weighted by molar-refractivity contribution is 7.92. The van der Waals surface area contributed by atoms with Crippen LogP contribution in [0, 0.1) is 0 Å². The summed E-state index contributed by atoms with van der Waals surface area (Å²) in [6, 6.07) is 18.7. The number of rotatable bonds is 5. The summed E-state index contributed by atoms with van der Waals surface area (Å²) in [4.78, 5) is 12.5. The Morgan fingerprint density at radius 3 is 1.85 bits per heavy atom. The molecular formula is C19H14Cl2N2O3S. The normalized spacial score (nSPS) is 11.0. The molecule has 0 spiro atoms. The predicted octanol–water partition coefficient (Wildman–Crippen LogP) is 5.05. The summed E-state index contributed by atoms with van der Waals surface area (Å²) in [7, 11) is -3.98. The molecule has 0 saturated heterocycles. The van der Waals surface area contributed by atoms with Gasteiger partial charge in [-0.15, -0.1) is 0 Å². The summed E-state index contributed by atoms with van der Waals surface area (Å²) in [5.74, 6) is -0.547. The number of hydrogen-bond donors (Lipinski definition) is 2. The van der Waals surface area contributed by atoms with Crippen molar-refractivity contribution in [3.8, 4) is 0 Å². The van der Waals surface area contributed by atoms with E-state index in [1.807, 2.05) is 0 Å². The number of benzene rings is 3.